The van der Waals surface area contributed by atoms with Gasteiger partial charge in [-0.3, -0.25) is 4.79 Å². The van der Waals surface area contributed by atoms with Crippen molar-refractivity contribution >= 4 is 11.6 Å². The van der Waals surface area contributed by atoms with Gasteiger partial charge in [0.05, 0.1) is 5.56 Å². The second-order valence-corrected chi connectivity index (χ2v) is 8.09. The van der Waals surface area contributed by atoms with Crippen LogP contribution >= 0.6 is 11.6 Å². The molecule has 1 N–H and O–H groups in total. The normalized spacial score (nSPS) is 11.0. The van der Waals surface area contributed by atoms with Crippen LogP contribution in [0.25, 0.3) is 22.3 Å². The van der Waals surface area contributed by atoms with Crippen LogP contribution in [0.4, 0.5) is 4.39 Å². The first-order valence-corrected chi connectivity index (χ1v) is 10.6. The van der Waals surface area contributed by atoms with Gasteiger partial charge >= 0.3 is 0 Å². The molecule has 162 valence electrons. The van der Waals surface area contributed by atoms with Crippen molar-refractivity contribution in [2.75, 3.05) is 0 Å². The minimum atomic E-state index is -0.609. The molecular formula is C26H22ClFN2O2. The Bertz CT molecular complexity index is 1330. The fraction of sp³-hybridized carbons (Fsp3) is 0.154. The molecule has 4 aromatic rings. The van der Waals surface area contributed by atoms with E-state index in [0.717, 1.165) is 21.4 Å². The van der Waals surface area contributed by atoms with Crippen molar-refractivity contribution in [3.05, 3.63) is 105 Å². The Labute approximate surface area is 190 Å². The standard InChI is InChI=1S/C26H22ClFN2O2/c1-16-25(31)24(26(32)30(2)29-16)23-20(21(27)14-15-22(23)28)13-10-17-8-11-19(12-9-17)18-6-4-3-5-7-18/h3-9,11-12,14-15,31H,10,13H2,1-2H3. The van der Waals surface area contributed by atoms with Crippen molar-refractivity contribution in [2.24, 2.45) is 7.05 Å². The summed E-state index contributed by atoms with van der Waals surface area (Å²) in [7, 11) is 1.47. The van der Waals surface area contributed by atoms with Gasteiger partial charge in [0.2, 0.25) is 0 Å². The summed E-state index contributed by atoms with van der Waals surface area (Å²) in [5.41, 5.74) is 3.35. The van der Waals surface area contributed by atoms with Crippen molar-refractivity contribution in [1.82, 2.24) is 9.78 Å². The highest BCUT2D eigenvalue weighted by Crippen LogP contribution is 2.36. The van der Waals surface area contributed by atoms with Crippen molar-refractivity contribution in [3.63, 3.8) is 0 Å². The second-order valence-electron chi connectivity index (χ2n) is 7.68. The molecule has 0 saturated heterocycles. The molecule has 1 aromatic heterocycles. The third-order valence-electron chi connectivity index (χ3n) is 5.57. The van der Waals surface area contributed by atoms with E-state index in [2.05, 4.69) is 17.2 Å². The van der Waals surface area contributed by atoms with Gasteiger partial charge in [-0.2, -0.15) is 5.10 Å². The molecule has 0 saturated carbocycles. The Morgan fingerprint density at radius 2 is 1.59 bits per heavy atom. The summed E-state index contributed by atoms with van der Waals surface area (Å²) in [4.78, 5) is 12.7. The molecule has 0 amide bonds. The Morgan fingerprint density at radius 1 is 0.938 bits per heavy atom. The predicted molar refractivity (Wildman–Crippen MR) is 126 cm³/mol. The van der Waals surface area contributed by atoms with Gasteiger partial charge in [-0.25, -0.2) is 9.07 Å². The maximum absolute atomic E-state index is 15.0. The number of halogens is 2. The predicted octanol–water partition coefficient (Wildman–Crippen LogP) is 5.71. The molecule has 0 bridgehead atoms. The minimum absolute atomic E-state index is 0.0296. The SMILES string of the molecule is Cc1nn(C)c(=O)c(-c2c(F)ccc(Cl)c2CCc2ccc(-c3ccccc3)cc2)c1O. The largest absolute Gasteiger partial charge is 0.505 e. The van der Waals surface area contributed by atoms with Crippen LogP contribution in [0.5, 0.6) is 5.75 Å². The van der Waals surface area contributed by atoms with Gasteiger partial charge in [0, 0.05) is 17.6 Å². The lowest BCUT2D eigenvalue weighted by atomic mass is 9.94. The van der Waals surface area contributed by atoms with E-state index in [-0.39, 0.29) is 22.6 Å². The van der Waals surface area contributed by atoms with Gasteiger partial charge in [-0.05, 0) is 54.2 Å². The van der Waals surface area contributed by atoms with E-state index in [1.54, 1.807) is 6.92 Å². The molecule has 1 heterocycles. The van der Waals surface area contributed by atoms with Crippen LogP contribution in [0.15, 0.2) is 71.5 Å². The van der Waals surface area contributed by atoms with Crippen LogP contribution in [0.1, 0.15) is 16.8 Å². The average molecular weight is 449 g/mol. The molecule has 4 nitrogen and oxygen atoms in total. The first-order chi connectivity index (χ1) is 15.4. The molecular weight excluding hydrogens is 427 g/mol. The van der Waals surface area contributed by atoms with Crippen LogP contribution in [-0.4, -0.2) is 14.9 Å². The summed E-state index contributed by atoms with van der Waals surface area (Å²) in [6, 6.07) is 20.9. The summed E-state index contributed by atoms with van der Waals surface area (Å²) < 4.78 is 16.1. The number of rotatable bonds is 5. The first kappa shape index (κ1) is 21.8. The summed E-state index contributed by atoms with van der Waals surface area (Å²) in [6.45, 7) is 1.56. The van der Waals surface area contributed by atoms with Gasteiger partial charge in [-0.1, -0.05) is 66.2 Å². The fourth-order valence-corrected chi connectivity index (χ4v) is 4.11. The molecule has 32 heavy (non-hydrogen) atoms. The average Bonchev–Trinajstić information content (AvgIpc) is 2.80. The van der Waals surface area contributed by atoms with Crippen molar-refractivity contribution in [2.45, 2.75) is 19.8 Å². The van der Waals surface area contributed by atoms with Crippen LogP contribution < -0.4 is 5.56 Å². The third-order valence-corrected chi connectivity index (χ3v) is 5.92. The van der Waals surface area contributed by atoms with E-state index in [9.17, 15) is 14.3 Å². The zero-order chi connectivity index (χ0) is 22.8. The lowest BCUT2D eigenvalue weighted by molar-refractivity contribution is 0.460. The molecule has 0 aliphatic heterocycles. The molecule has 0 aliphatic rings. The van der Waals surface area contributed by atoms with Crippen molar-refractivity contribution < 1.29 is 9.50 Å². The number of benzene rings is 3. The van der Waals surface area contributed by atoms with Crippen molar-refractivity contribution in [1.29, 1.82) is 0 Å². The molecule has 0 radical (unpaired) electrons. The molecule has 0 unspecified atom stereocenters. The number of nitrogens with zero attached hydrogens (tertiary/aromatic N) is 2. The van der Waals surface area contributed by atoms with E-state index in [0.29, 0.717) is 23.4 Å². The Kier molecular flexibility index (Phi) is 6.10. The molecule has 3 aromatic carbocycles. The van der Waals surface area contributed by atoms with Gasteiger partial charge in [0.1, 0.15) is 11.5 Å². The third kappa shape index (κ3) is 4.16. The van der Waals surface area contributed by atoms with Gasteiger partial charge in [-0.15, -0.1) is 0 Å². The van der Waals surface area contributed by atoms with Gasteiger partial charge < -0.3 is 5.11 Å². The van der Waals surface area contributed by atoms with E-state index >= 15 is 0 Å². The smallest absolute Gasteiger partial charge is 0.278 e. The summed E-state index contributed by atoms with van der Waals surface area (Å²) >= 11 is 6.43. The monoisotopic (exact) mass is 448 g/mol. The van der Waals surface area contributed by atoms with E-state index in [1.807, 2.05) is 42.5 Å². The molecule has 0 fully saturated rings. The Hall–Kier alpha value is -3.44. The lowest BCUT2D eigenvalue weighted by Crippen LogP contribution is -2.23. The maximum atomic E-state index is 15.0. The summed E-state index contributed by atoms with van der Waals surface area (Å²) in [5, 5.41) is 14.8. The van der Waals surface area contributed by atoms with E-state index in [4.69, 9.17) is 11.6 Å². The Balaban J connectivity index is 1.69. The van der Waals surface area contributed by atoms with Gasteiger partial charge in [0.15, 0.2) is 5.75 Å². The highest BCUT2D eigenvalue weighted by molar-refractivity contribution is 6.31. The molecule has 0 spiro atoms. The zero-order valence-electron chi connectivity index (χ0n) is 17.8. The molecule has 4 rings (SSSR count). The first-order valence-electron chi connectivity index (χ1n) is 10.2. The number of aromatic hydroxyl groups is 1. The molecule has 6 heteroatoms. The lowest BCUT2D eigenvalue weighted by Gasteiger charge is -2.15. The summed E-state index contributed by atoms with van der Waals surface area (Å²) in [6.07, 6.45) is 0.997. The number of aryl methyl sites for hydroxylation is 3. The van der Waals surface area contributed by atoms with Crippen molar-refractivity contribution in [3.8, 4) is 28.0 Å². The molecule has 0 atom stereocenters. The quantitative estimate of drug-likeness (QED) is 0.425. The highest BCUT2D eigenvalue weighted by atomic mass is 35.5. The molecule has 0 aliphatic carbocycles. The van der Waals surface area contributed by atoms with E-state index < -0.39 is 11.4 Å². The van der Waals surface area contributed by atoms with Crippen LogP contribution in [0, 0.1) is 12.7 Å². The summed E-state index contributed by atoms with van der Waals surface area (Å²) in [5.74, 6) is -0.940. The van der Waals surface area contributed by atoms with Crippen LogP contribution in [0.3, 0.4) is 0 Å². The fourth-order valence-electron chi connectivity index (χ4n) is 3.86. The number of hydrogen-bond donors (Lipinski definition) is 1. The number of hydrogen-bond acceptors (Lipinski definition) is 3. The second kappa shape index (κ2) is 8.97. The zero-order valence-corrected chi connectivity index (χ0v) is 18.5. The Morgan fingerprint density at radius 3 is 2.28 bits per heavy atom. The topological polar surface area (TPSA) is 55.1 Å². The minimum Gasteiger partial charge on any atom is -0.505 e. The van der Waals surface area contributed by atoms with Gasteiger partial charge in [0.25, 0.3) is 5.56 Å². The maximum Gasteiger partial charge on any atom is 0.278 e. The van der Waals surface area contributed by atoms with Crippen LogP contribution in [-0.2, 0) is 19.9 Å². The highest BCUT2D eigenvalue weighted by Gasteiger charge is 2.23. The van der Waals surface area contributed by atoms with Crippen LogP contribution in [0.2, 0.25) is 5.02 Å². The number of aromatic nitrogens is 2. The van der Waals surface area contributed by atoms with E-state index in [1.165, 1.54) is 19.2 Å².